The van der Waals surface area contributed by atoms with Crippen molar-refractivity contribution < 1.29 is 127 Å². The van der Waals surface area contributed by atoms with E-state index in [1.807, 2.05) is 72.8 Å². The molecule has 20 nitrogen and oxygen atoms in total. The third-order valence-electron chi connectivity index (χ3n) is 14.3. The second-order valence-electron chi connectivity index (χ2n) is 28.0. The van der Waals surface area contributed by atoms with E-state index in [9.17, 15) is 84.7 Å². The summed E-state index contributed by atoms with van der Waals surface area (Å²) in [6.07, 6.45) is -12.6. The molecule has 112 heavy (non-hydrogen) atoms. The molecule has 0 aromatic heterocycles. The predicted octanol–water partition coefficient (Wildman–Crippen LogP) is 17.6. The van der Waals surface area contributed by atoms with Crippen LogP contribution in [0.1, 0.15) is 118 Å². The summed E-state index contributed by atoms with van der Waals surface area (Å²) in [5.41, 5.74) is -6.07. The van der Waals surface area contributed by atoms with Crippen LogP contribution in [-0.4, -0.2) is 112 Å². The lowest BCUT2D eigenvalue weighted by molar-refractivity contribution is -0.338. The normalized spacial score (nSPS) is 12.8. The van der Waals surface area contributed by atoms with Crippen molar-refractivity contribution in [1.29, 1.82) is 0 Å². The van der Waals surface area contributed by atoms with Gasteiger partial charge in [-0.05, 0) is 254 Å². The number of aromatic hydroxyl groups is 1. The van der Waals surface area contributed by atoms with Gasteiger partial charge < -0.3 is 72.6 Å². The van der Waals surface area contributed by atoms with Gasteiger partial charge in [0.1, 0.15) is 46.8 Å². The molecular weight excluding hydrogens is 1740 g/mol. The third-order valence-corrected chi connectivity index (χ3v) is 20.3. The molecule has 0 aliphatic heterocycles. The van der Waals surface area contributed by atoms with E-state index in [0.29, 0.717) is 19.8 Å². The van der Waals surface area contributed by atoms with Crippen molar-refractivity contribution >= 4 is 109 Å². The number of alkyl halides is 7. The highest BCUT2D eigenvalue weighted by molar-refractivity contribution is 14.1. The summed E-state index contributed by atoms with van der Waals surface area (Å²) < 4.78 is 140. The first-order valence-corrected chi connectivity index (χ1v) is 38.5. The second kappa shape index (κ2) is 40.4. The number of carboxylic acids is 2. The molecule has 0 radical (unpaired) electrons. The Labute approximate surface area is 676 Å². The number of halogens is 9. The minimum absolute atomic E-state index is 0.116. The summed E-state index contributed by atoms with van der Waals surface area (Å²) in [4.78, 5) is 89.6. The number of carbonyl (C=O) groups is 7. The van der Waals surface area contributed by atoms with Crippen LogP contribution in [0.3, 0.4) is 0 Å². The number of esters is 2. The number of aliphatic hydroxyl groups is 1. The first-order chi connectivity index (χ1) is 51.9. The number of carboxylic acid groups (broad SMARTS) is 2. The van der Waals surface area contributed by atoms with Gasteiger partial charge in [-0.2, -0.15) is 30.7 Å². The molecule has 8 aromatic rings. The van der Waals surface area contributed by atoms with Crippen LogP contribution in [0.25, 0.3) is 0 Å². The highest BCUT2D eigenvalue weighted by Crippen LogP contribution is 2.38. The molecule has 0 aliphatic rings. The van der Waals surface area contributed by atoms with Crippen LogP contribution in [0.15, 0.2) is 230 Å². The average molecular weight is 1830 g/mol. The smallest absolute Gasteiger partial charge is 0.514 e. The minimum atomic E-state index is -4.75. The van der Waals surface area contributed by atoms with Gasteiger partial charge >= 0.3 is 48.4 Å². The summed E-state index contributed by atoms with van der Waals surface area (Å²) in [6, 6.07) is 60.9. The maximum Gasteiger partial charge on any atom is 0.514 e. The first-order valence-electron chi connectivity index (χ1n) is 33.9. The van der Waals surface area contributed by atoms with Crippen LogP contribution in [0, 0.1) is 19.0 Å². The van der Waals surface area contributed by atoms with Gasteiger partial charge in [0, 0.05) is 0 Å². The molecule has 0 bridgehead atoms. The van der Waals surface area contributed by atoms with E-state index in [1.54, 1.807) is 132 Å². The number of rotatable bonds is 22. The van der Waals surface area contributed by atoms with Crippen LogP contribution < -0.4 is 29.2 Å². The molecule has 8 aromatic carbocycles. The number of aliphatic carboxylic acids is 2. The standard InChI is InChI=1S/C23H30F2O10.C22H20F3O2S.C18H20F2I2O7.C18H14OS/c1-12(2)16(23(24,25)18(27)28)33-17(26)13-9-10-14(31-19(29)34-21(3,4)5)15(11-13)32-20(30)35-22(6,7)8;1-21(26,22(23,24)25)16-27-17-12-14-20(15-13-17)28(18-8-4-2-5-9-18)19-10-6-3-7-11-19;1-8(2)13(18(19,20)15(24)25)28-14(23)9-6-10(21)12(11(22)7-9)27-16(26)29-17(3,4)5;19-15-11-13-18(14-12-15)20(16-7-3-1-4-8-16)17-9-5-2-6-10-17/h9-12,16H,1-8H3,(H,27,28);2-15,26H,16H2,1H3;6-8,13H,1-5H3,(H,24,25);1-14H/q;+1;;/p-1. The molecular formula is C81H83F7I2O20S2. The molecule has 0 aliphatic carbocycles. The summed E-state index contributed by atoms with van der Waals surface area (Å²) in [5.74, 6) is -18.9. The molecule has 31 heteroatoms. The Hall–Kier alpha value is -9.32. The summed E-state index contributed by atoms with van der Waals surface area (Å²) >= 11 is 3.58. The van der Waals surface area contributed by atoms with Crippen molar-refractivity contribution in [2.75, 3.05) is 6.61 Å². The minimum Gasteiger partial charge on any atom is -0.544 e. The molecule has 8 rings (SSSR count). The van der Waals surface area contributed by atoms with Crippen molar-refractivity contribution in [3.63, 3.8) is 0 Å². The molecule has 0 amide bonds. The van der Waals surface area contributed by atoms with Gasteiger partial charge in [0.25, 0.3) is 0 Å². The zero-order valence-corrected chi connectivity index (χ0v) is 69.0. The fraction of sp³-hybridized carbons (Fsp3) is 0.321. The van der Waals surface area contributed by atoms with Crippen LogP contribution in [0.5, 0.6) is 28.7 Å². The lowest BCUT2D eigenvalue weighted by Crippen LogP contribution is -2.53. The van der Waals surface area contributed by atoms with Crippen molar-refractivity contribution in [1.82, 2.24) is 0 Å². The number of phenols is 1. The SMILES string of the molecule is CC(C)C(OC(=O)c1cc(I)c(OC(=O)OC(C)(C)C)c(I)c1)C(F)(F)C(=O)[O-].CC(C)C(OC(=O)c1ccc(OC(=O)OC(C)(C)C)c(OC(=O)OC(C)(C)C)c1)C(F)(F)C(=O)[O-].CC(O)(COc1ccc([S+](c2ccccc2)c2ccccc2)cc1)C(F)(F)F.Oc1ccc([S+](c2ccccc2)c2ccccc2)cc1. The summed E-state index contributed by atoms with van der Waals surface area (Å²) in [6.45, 7) is 19.3. The molecule has 0 spiro atoms. The fourth-order valence-electron chi connectivity index (χ4n) is 9.11. The Morgan fingerprint density at radius 2 is 0.732 bits per heavy atom. The summed E-state index contributed by atoms with van der Waals surface area (Å²) in [7, 11) is -0.477. The van der Waals surface area contributed by atoms with Crippen LogP contribution >= 0.6 is 45.2 Å². The number of hydrogen-bond acceptors (Lipinski definition) is 20. The molecule has 0 saturated heterocycles. The highest BCUT2D eigenvalue weighted by atomic mass is 127. The number of carbonyl (C=O) groups excluding carboxylic acids is 7. The van der Waals surface area contributed by atoms with Crippen molar-refractivity contribution in [2.24, 2.45) is 11.8 Å². The van der Waals surface area contributed by atoms with Crippen molar-refractivity contribution in [3.05, 3.63) is 218 Å². The van der Waals surface area contributed by atoms with Gasteiger partial charge in [-0.1, -0.05) is 100 Å². The topological polar surface area (TPSA) is 289 Å². The van der Waals surface area contributed by atoms with Crippen molar-refractivity contribution in [3.8, 4) is 28.7 Å². The number of ether oxygens (including phenoxy) is 9. The number of hydrogen-bond donors (Lipinski definition) is 2. The second-order valence-corrected chi connectivity index (χ2v) is 34.4. The van der Waals surface area contributed by atoms with E-state index < -0.39 is 125 Å². The Kier molecular flexibility index (Phi) is 33.7. The zero-order valence-electron chi connectivity index (χ0n) is 63.0. The first kappa shape index (κ1) is 93.3. The molecule has 0 heterocycles. The molecule has 0 fully saturated rings. The molecule has 2 N–H and O–H groups in total. The highest BCUT2D eigenvalue weighted by Gasteiger charge is 2.51. The van der Waals surface area contributed by atoms with Gasteiger partial charge in [0.15, 0.2) is 64.4 Å². The van der Waals surface area contributed by atoms with E-state index in [4.69, 9.17) is 42.6 Å². The van der Waals surface area contributed by atoms with Gasteiger partial charge in [0.05, 0.1) is 40.1 Å². The fourth-order valence-corrected chi connectivity index (χ4v) is 15.3. The van der Waals surface area contributed by atoms with Crippen LogP contribution in [0.4, 0.5) is 45.1 Å². The Morgan fingerprint density at radius 1 is 0.420 bits per heavy atom. The lowest BCUT2D eigenvalue weighted by Gasteiger charge is -2.30. The zero-order chi connectivity index (χ0) is 84.1. The Bertz CT molecular complexity index is 4350. The summed E-state index contributed by atoms with van der Waals surface area (Å²) in [5, 5.41) is 40.5. The molecule has 3 unspecified atom stereocenters. The lowest BCUT2D eigenvalue weighted by atomic mass is 10.0. The van der Waals surface area contributed by atoms with Gasteiger partial charge in [-0.3, -0.25) is 0 Å². The van der Waals surface area contributed by atoms with Crippen LogP contribution in [-0.2, 0) is 55.1 Å². The monoisotopic (exact) mass is 1830 g/mol. The van der Waals surface area contributed by atoms with Crippen LogP contribution in [0.2, 0.25) is 0 Å². The Balaban J connectivity index is 0.000000271. The Morgan fingerprint density at radius 3 is 1.05 bits per heavy atom. The predicted molar refractivity (Wildman–Crippen MR) is 414 cm³/mol. The maximum atomic E-state index is 14.0. The van der Waals surface area contributed by atoms with E-state index in [0.717, 1.165) is 32.9 Å². The maximum absolute atomic E-state index is 14.0. The van der Waals surface area contributed by atoms with E-state index in [2.05, 4.69) is 72.8 Å². The van der Waals surface area contributed by atoms with Crippen molar-refractivity contribution in [2.45, 2.75) is 179 Å². The molecule has 602 valence electrons. The van der Waals surface area contributed by atoms with Gasteiger partial charge in [0.2, 0.25) is 0 Å². The quantitative estimate of drug-likeness (QED) is 0.0159. The van der Waals surface area contributed by atoms with E-state index in [-0.39, 0.29) is 44.6 Å². The third kappa shape index (κ3) is 29.0. The van der Waals surface area contributed by atoms with Gasteiger partial charge in [-0.25, -0.2) is 24.0 Å². The largest absolute Gasteiger partial charge is 0.544 e. The average Bonchev–Trinajstić information content (AvgIpc) is 0.815. The van der Waals surface area contributed by atoms with E-state index in [1.165, 1.54) is 54.5 Å². The van der Waals surface area contributed by atoms with Gasteiger partial charge in [-0.15, -0.1) is 0 Å². The molecule has 3 atom stereocenters. The number of benzene rings is 8. The molecule has 0 saturated carbocycles. The van der Waals surface area contributed by atoms with E-state index >= 15 is 0 Å². The number of phenolic OH excluding ortho intramolecular Hbond substituents is 1.